The Morgan fingerprint density at radius 3 is 2.16 bits per heavy atom. The molecule has 0 heterocycles. The number of halogens is 1. The van der Waals surface area contributed by atoms with E-state index >= 15 is 0 Å². The predicted molar refractivity (Wildman–Crippen MR) is 137 cm³/mol. The molecule has 0 aliphatic carbocycles. The number of hydrogen-bond donors (Lipinski definition) is 0. The van der Waals surface area contributed by atoms with Crippen molar-refractivity contribution in [1.29, 1.82) is 0 Å². The second kappa shape index (κ2) is 16.3. The molecule has 0 bridgehead atoms. The number of aryl methyl sites for hydroxylation is 1. The van der Waals surface area contributed by atoms with Gasteiger partial charge in [-0.3, -0.25) is 10.1 Å². The minimum absolute atomic E-state index is 0.0426. The van der Waals surface area contributed by atoms with Gasteiger partial charge in [0.05, 0.1) is 30.2 Å². The van der Waals surface area contributed by atoms with Crippen LogP contribution in [-0.4, -0.2) is 30.2 Å². The summed E-state index contributed by atoms with van der Waals surface area (Å²) in [4.78, 5) is 10.3. The summed E-state index contributed by atoms with van der Waals surface area (Å²) in [7, 11) is -3.35. The molecule has 2 aromatic carbocycles. The molecule has 180 valence electrons. The molecular weight excluding hydrogens is 628 g/mol. The van der Waals surface area contributed by atoms with Crippen molar-refractivity contribution in [3.8, 4) is 5.75 Å². The quantitative estimate of drug-likeness (QED) is 0.0552. The molecule has 0 aromatic heterocycles. The van der Waals surface area contributed by atoms with Crippen molar-refractivity contribution in [3.05, 3.63) is 69.3 Å². The van der Waals surface area contributed by atoms with E-state index in [-0.39, 0.29) is 18.5 Å². The molecule has 0 aliphatic rings. The van der Waals surface area contributed by atoms with Crippen LogP contribution in [0, 0.1) is 16.2 Å². The summed E-state index contributed by atoms with van der Waals surface area (Å²) < 4.78 is 24.3. The average Bonchev–Trinajstić information content (AvgIpc) is 2.76. The molecule has 0 radical (unpaired) electrons. The van der Waals surface area contributed by atoms with Crippen molar-refractivity contribution in [2.75, 3.05) is 25.3 Å². The first-order valence-electron chi connectivity index (χ1n) is 9.84. The molecule has 2 rings (SSSR count). The first kappa shape index (κ1) is 29.7. The van der Waals surface area contributed by atoms with Gasteiger partial charge in [-0.05, 0) is 55.4 Å². The van der Waals surface area contributed by atoms with Gasteiger partial charge in [-0.2, -0.15) is 23.8 Å². The van der Waals surface area contributed by atoms with E-state index < -0.39 is 12.5 Å². The number of nitro groups is 1. The van der Waals surface area contributed by atoms with Gasteiger partial charge in [-0.15, -0.1) is 11.1 Å². The molecule has 2 aromatic rings. The standard InChI is InChI=1S/C21H27NO5PS2.BrH.Pd/c1-4-26-28(25,27-21-9-7-20(8-10-21)22(23)24)11-5-6-17-12-18(15-29-2)14-19(13-17)16-30-3;;/h7-10,12-13H,4-6,11,15-16H2,1-3H3;1H;/q-1;;+2/p+1/t28-;;/m1../s1. The van der Waals surface area contributed by atoms with Gasteiger partial charge < -0.3 is 9.05 Å². The van der Waals surface area contributed by atoms with Crippen LogP contribution in [0.15, 0.2) is 36.4 Å². The van der Waals surface area contributed by atoms with Gasteiger partial charge in [0, 0.05) is 12.1 Å². The molecule has 11 heteroatoms. The Morgan fingerprint density at radius 2 is 1.69 bits per heavy atom. The van der Waals surface area contributed by atoms with Crippen LogP contribution < -0.4 is 4.52 Å². The summed E-state index contributed by atoms with van der Waals surface area (Å²) in [5.74, 6) is 2.25. The second-order valence-electron chi connectivity index (χ2n) is 6.69. The summed E-state index contributed by atoms with van der Waals surface area (Å²) in [6.07, 6.45) is 5.97. The van der Waals surface area contributed by atoms with Crippen molar-refractivity contribution in [1.82, 2.24) is 0 Å². The van der Waals surface area contributed by atoms with Crippen LogP contribution in [0.25, 0.3) is 0 Å². The number of hydrogen-bond acceptors (Lipinski definition) is 5. The molecule has 0 saturated heterocycles. The maximum atomic E-state index is 13.1. The topological polar surface area (TPSA) is 78.7 Å². The summed E-state index contributed by atoms with van der Waals surface area (Å²) >= 11 is 7.96. The van der Waals surface area contributed by atoms with E-state index in [9.17, 15) is 14.7 Å². The van der Waals surface area contributed by atoms with Gasteiger partial charge >= 0.3 is 38.2 Å². The van der Waals surface area contributed by atoms with Gasteiger partial charge in [0.1, 0.15) is 17.3 Å². The first-order chi connectivity index (χ1) is 15.4. The zero-order valence-electron chi connectivity index (χ0n) is 18.2. The second-order valence-corrected chi connectivity index (χ2v) is 10.7. The van der Waals surface area contributed by atoms with Crippen molar-refractivity contribution in [2.24, 2.45) is 0 Å². The number of non-ortho nitro benzene ring substituents is 1. The molecule has 0 spiro atoms. The fourth-order valence-electron chi connectivity index (χ4n) is 3.02. The number of nitro benzene ring substituents is 1. The van der Waals surface area contributed by atoms with Gasteiger partial charge in [0.15, 0.2) is 0 Å². The fourth-order valence-corrected chi connectivity index (χ4v) is 5.70. The summed E-state index contributed by atoms with van der Waals surface area (Å²) in [5.41, 5.74) is 3.60. The first-order valence-corrected chi connectivity index (χ1v) is 18.2. The number of rotatable bonds is 13. The van der Waals surface area contributed by atoms with Gasteiger partial charge in [-0.25, -0.2) is 4.57 Å². The Bertz CT molecular complexity index is 865. The Hall–Kier alpha value is -0.328. The van der Waals surface area contributed by atoms with Crippen molar-refractivity contribution >= 4 is 50.2 Å². The Kier molecular flexibility index (Phi) is 15.2. The van der Waals surface area contributed by atoms with Crippen LogP contribution in [0.1, 0.15) is 30.0 Å². The molecule has 0 N–H and O–H groups in total. The Labute approximate surface area is 216 Å². The SMILES string of the molecule is CCO[P@](=O)(CCCc1cc(C[SH+]C)[c-]c(C[SH+]C)c1)Oc1ccc([N+](=O)[O-])cc1.[Br][Pd+]. The molecule has 1 atom stereocenters. The van der Waals surface area contributed by atoms with E-state index in [1.807, 2.05) is 0 Å². The van der Waals surface area contributed by atoms with Gasteiger partial charge in [0.2, 0.25) is 0 Å². The molecule has 0 amide bonds. The van der Waals surface area contributed by atoms with Crippen molar-refractivity contribution < 1.29 is 35.7 Å². The Morgan fingerprint density at radius 1 is 1.12 bits per heavy atom. The maximum absolute atomic E-state index is 13.1. The molecule has 0 fully saturated rings. The van der Waals surface area contributed by atoms with E-state index in [2.05, 4.69) is 61.3 Å². The van der Waals surface area contributed by atoms with Crippen molar-refractivity contribution in [2.45, 2.75) is 31.3 Å². The van der Waals surface area contributed by atoms with Crippen molar-refractivity contribution in [3.63, 3.8) is 0 Å². The number of benzene rings is 2. The number of nitrogens with zero attached hydrogens (tertiary/aromatic N) is 1. The van der Waals surface area contributed by atoms with Crippen LogP contribution in [0.4, 0.5) is 5.69 Å². The van der Waals surface area contributed by atoms with Gasteiger partial charge in [0.25, 0.3) is 5.69 Å². The zero-order chi connectivity index (χ0) is 24.0. The number of thiol groups is 2. The van der Waals surface area contributed by atoms with Gasteiger partial charge in [-0.1, -0.05) is 0 Å². The van der Waals surface area contributed by atoms with Crippen LogP contribution in [0.2, 0.25) is 0 Å². The van der Waals surface area contributed by atoms with Crippen LogP contribution in [0.5, 0.6) is 5.75 Å². The third kappa shape index (κ3) is 10.7. The average molecular weight is 657 g/mol. The molecule has 0 unspecified atom stereocenters. The zero-order valence-corrected chi connectivity index (χ0v) is 24.1. The van der Waals surface area contributed by atoms with E-state index in [0.29, 0.717) is 12.2 Å². The summed E-state index contributed by atoms with van der Waals surface area (Å²) in [6.45, 7) is 2.04. The molecule has 32 heavy (non-hydrogen) atoms. The van der Waals surface area contributed by atoms with E-state index in [1.165, 1.54) is 64.5 Å². The van der Waals surface area contributed by atoms with E-state index in [0.717, 1.165) is 17.9 Å². The molecular formula is C21H29BrNO5PPdS2+2. The van der Waals surface area contributed by atoms with Crippen LogP contribution in [0.3, 0.4) is 0 Å². The summed E-state index contributed by atoms with van der Waals surface area (Å²) in [6, 6.07) is 13.4. The summed E-state index contributed by atoms with van der Waals surface area (Å²) in [5, 5.41) is 10.8. The fraction of sp³-hybridized carbons (Fsp3) is 0.429. The minimum atomic E-state index is -3.35. The third-order valence-electron chi connectivity index (χ3n) is 4.21. The van der Waals surface area contributed by atoms with E-state index in [1.54, 1.807) is 6.92 Å². The predicted octanol–water partition coefficient (Wildman–Crippen LogP) is 5.37. The third-order valence-corrected chi connectivity index (χ3v) is 7.53. The Balaban J connectivity index is 0.00000249. The van der Waals surface area contributed by atoms with E-state index in [4.69, 9.17) is 9.05 Å². The van der Waals surface area contributed by atoms with Crippen LogP contribution in [-0.2, 0) is 67.7 Å². The normalized spacial score (nSPS) is 12.4. The molecule has 6 nitrogen and oxygen atoms in total. The molecule has 0 aliphatic heterocycles. The molecule has 0 saturated carbocycles. The van der Waals surface area contributed by atoms with Crippen LogP contribution >= 0.6 is 21.0 Å². The monoisotopic (exact) mass is 655 g/mol.